The minimum absolute atomic E-state index is 0.0654. The predicted octanol–water partition coefficient (Wildman–Crippen LogP) is 2.04. The molecule has 1 saturated heterocycles. The first-order chi connectivity index (χ1) is 13.0. The van der Waals surface area contributed by atoms with Crippen LogP contribution in [-0.4, -0.2) is 54.1 Å². The Labute approximate surface area is 156 Å². The predicted molar refractivity (Wildman–Crippen MR) is 98.9 cm³/mol. The number of carbonyl (C=O) groups excluding carboxylic acids is 2. The average Bonchev–Trinajstić information content (AvgIpc) is 2.68. The van der Waals surface area contributed by atoms with Gasteiger partial charge >= 0.3 is 5.97 Å². The molecule has 3 rings (SSSR count). The van der Waals surface area contributed by atoms with Crippen LogP contribution in [0.3, 0.4) is 0 Å². The zero-order valence-electron chi connectivity index (χ0n) is 14.7. The van der Waals surface area contributed by atoms with E-state index >= 15 is 0 Å². The molecule has 0 bridgehead atoms. The Hall–Kier alpha value is -3.19. The van der Waals surface area contributed by atoms with Crippen LogP contribution in [0.1, 0.15) is 26.3 Å². The number of nitrogens with one attached hydrogen (secondary N) is 1. The molecule has 2 aromatic carbocycles. The molecule has 1 aliphatic heterocycles. The molecule has 0 spiro atoms. The number of carbonyl (C=O) groups is 3. The average molecular weight is 368 g/mol. The monoisotopic (exact) mass is 368 g/mol. The molecule has 0 radical (unpaired) electrons. The number of rotatable bonds is 5. The summed E-state index contributed by atoms with van der Waals surface area (Å²) in [6.45, 7) is 2.12. The lowest BCUT2D eigenvalue weighted by Gasteiger charge is -2.27. The van der Waals surface area contributed by atoms with Crippen LogP contribution in [0.4, 0.5) is 5.69 Å². The lowest BCUT2D eigenvalue weighted by atomic mass is 10.0. The first-order valence-electron chi connectivity index (χ1n) is 8.63. The third kappa shape index (κ3) is 4.71. The number of ether oxygens (including phenoxy) is 1. The summed E-state index contributed by atoms with van der Waals surface area (Å²) >= 11 is 0. The highest BCUT2D eigenvalue weighted by molar-refractivity contribution is 5.98. The fraction of sp³-hybridized carbons (Fsp3) is 0.250. The van der Waals surface area contributed by atoms with Crippen LogP contribution in [0.5, 0.6) is 0 Å². The molecule has 7 nitrogen and oxygen atoms in total. The molecule has 7 heteroatoms. The number of hydrogen-bond donors (Lipinski definition) is 2. The highest BCUT2D eigenvalue weighted by Gasteiger charge is 2.19. The summed E-state index contributed by atoms with van der Waals surface area (Å²) in [5, 5.41) is 11.9. The van der Waals surface area contributed by atoms with Crippen molar-refractivity contribution < 1.29 is 24.2 Å². The maximum atomic E-state index is 12.5. The summed E-state index contributed by atoms with van der Waals surface area (Å²) in [5.74, 6) is -1.53. The molecule has 0 atom stereocenters. The second-order valence-corrected chi connectivity index (χ2v) is 6.17. The molecule has 2 aromatic rings. The largest absolute Gasteiger partial charge is 0.478 e. The molecule has 0 unspecified atom stereocenters. The van der Waals surface area contributed by atoms with E-state index in [1.54, 1.807) is 47.4 Å². The van der Waals surface area contributed by atoms with Crippen molar-refractivity contribution in [3.8, 4) is 0 Å². The Bertz CT molecular complexity index is 859. The highest BCUT2D eigenvalue weighted by atomic mass is 16.5. The summed E-state index contributed by atoms with van der Waals surface area (Å²) in [4.78, 5) is 37.8. The molecule has 1 aliphatic rings. The highest BCUT2D eigenvalue weighted by Crippen LogP contribution is 2.15. The Morgan fingerprint density at radius 3 is 2.52 bits per heavy atom. The van der Waals surface area contributed by atoms with Crippen molar-refractivity contribution in [2.75, 3.05) is 31.6 Å². The molecule has 2 amide bonds. The van der Waals surface area contributed by atoms with Gasteiger partial charge in [-0.2, -0.15) is 0 Å². The molecule has 0 aromatic heterocycles. The fourth-order valence-electron chi connectivity index (χ4n) is 2.94. The van der Waals surface area contributed by atoms with Crippen molar-refractivity contribution in [3.63, 3.8) is 0 Å². The third-order valence-corrected chi connectivity index (χ3v) is 4.29. The lowest BCUT2D eigenvalue weighted by Crippen LogP contribution is -2.40. The number of carboxylic acids is 1. The van der Waals surface area contributed by atoms with E-state index in [9.17, 15) is 19.5 Å². The van der Waals surface area contributed by atoms with Crippen LogP contribution in [0.15, 0.2) is 48.5 Å². The summed E-state index contributed by atoms with van der Waals surface area (Å²) in [6.07, 6.45) is -0.0654. The van der Waals surface area contributed by atoms with Gasteiger partial charge in [0.05, 0.1) is 25.2 Å². The Balaban J connectivity index is 1.68. The van der Waals surface area contributed by atoms with E-state index in [1.165, 1.54) is 6.07 Å². The minimum Gasteiger partial charge on any atom is -0.478 e. The number of morpholine rings is 1. The smallest absolute Gasteiger partial charge is 0.335 e. The number of anilines is 1. The Morgan fingerprint density at radius 2 is 1.78 bits per heavy atom. The van der Waals surface area contributed by atoms with Gasteiger partial charge in [0.25, 0.3) is 5.91 Å². The Kier molecular flexibility index (Phi) is 5.83. The van der Waals surface area contributed by atoms with Crippen molar-refractivity contribution in [3.05, 3.63) is 65.2 Å². The van der Waals surface area contributed by atoms with Crippen molar-refractivity contribution in [1.29, 1.82) is 0 Å². The quantitative estimate of drug-likeness (QED) is 0.842. The topological polar surface area (TPSA) is 95.9 Å². The van der Waals surface area contributed by atoms with E-state index in [1.807, 2.05) is 0 Å². The van der Waals surface area contributed by atoms with Gasteiger partial charge in [0, 0.05) is 24.3 Å². The van der Waals surface area contributed by atoms with E-state index in [4.69, 9.17) is 4.74 Å². The number of benzene rings is 2. The first-order valence-corrected chi connectivity index (χ1v) is 8.63. The summed E-state index contributed by atoms with van der Waals surface area (Å²) in [7, 11) is 0. The molecule has 27 heavy (non-hydrogen) atoms. The maximum Gasteiger partial charge on any atom is 0.335 e. The third-order valence-electron chi connectivity index (χ3n) is 4.29. The van der Waals surface area contributed by atoms with Crippen LogP contribution in [-0.2, 0) is 16.0 Å². The van der Waals surface area contributed by atoms with Crippen LogP contribution >= 0.6 is 0 Å². The van der Waals surface area contributed by atoms with E-state index < -0.39 is 5.97 Å². The molecule has 140 valence electrons. The van der Waals surface area contributed by atoms with Crippen molar-refractivity contribution in [2.45, 2.75) is 6.42 Å². The molecular weight excluding hydrogens is 348 g/mol. The van der Waals surface area contributed by atoms with Crippen LogP contribution in [0, 0.1) is 0 Å². The van der Waals surface area contributed by atoms with Crippen molar-refractivity contribution >= 4 is 23.5 Å². The second kappa shape index (κ2) is 8.46. The van der Waals surface area contributed by atoms with Crippen LogP contribution < -0.4 is 5.32 Å². The summed E-state index contributed by atoms with van der Waals surface area (Å²) < 4.78 is 5.25. The number of nitrogens with zero attached hydrogens (tertiary/aromatic N) is 1. The van der Waals surface area contributed by atoms with Gasteiger partial charge < -0.3 is 20.1 Å². The standard InChI is InChI=1S/C20H20N2O5/c23-18(13-14-4-1-2-7-17(14)20(25)26)21-16-6-3-5-15(12-16)19(24)22-8-10-27-11-9-22/h1-7,12H,8-11,13H2,(H,21,23)(H,25,26). The number of carboxylic acid groups (broad SMARTS) is 1. The van der Waals surface area contributed by atoms with Gasteiger partial charge in [-0.3, -0.25) is 9.59 Å². The van der Waals surface area contributed by atoms with Gasteiger partial charge in [0.1, 0.15) is 0 Å². The molecule has 1 heterocycles. The normalized spacial score (nSPS) is 13.9. The minimum atomic E-state index is -1.07. The lowest BCUT2D eigenvalue weighted by molar-refractivity contribution is -0.115. The van der Waals surface area contributed by atoms with E-state index in [0.29, 0.717) is 43.1 Å². The first kappa shape index (κ1) is 18.6. The number of hydrogen-bond acceptors (Lipinski definition) is 4. The van der Waals surface area contributed by atoms with E-state index in [0.717, 1.165) is 0 Å². The summed E-state index contributed by atoms with van der Waals surface area (Å²) in [5.41, 5.74) is 1.51. The molecule has 0 aliphatic carbocycles. The van der Waals surface area contributed by atoms with Gasteiger partial charge in [-0.15, -0.1) is 0 Å². The Morgan fingerprint density at radius 1 is 1.04 bits per heavy atom. The van der Waals surface area contributed by atoms with Gasteiger partial charge in [-0.05, 0) is 29.8 Å². The van der Waals surface area contributed by atoms with Crippen molar-refractivity contribution in [1.82, 2.24) is 4.90 Å². The fourth-order valence-corrected chi connectivity index (χ4v) is 2.94. The SMILES string of the molecule is O=C(Cc1ccccc1C(=O)O)Nc1cccc(C(=O)N2CCOCC2)c1. The van der Waals surface area contributed by atoms with Gasteiger partial charge in [0.2, 0.25) is 5.91 Å². The summed E-state index contributed by atoms with van der Waals surface area (Å²) in [6, 6.07) is 13.1. The number of amides is 2. The maximum absolute atomic E-state index is 12.5. The zero-order chi connectivity index (χ0) is 19.2. The van der Waals surface area contributed by atoms with Gasteiger partial charge in [-0.25, -0.2) is 4.79 Å². The van der Waals surface area contributed by atoms with E-state index in [2.05, 4.69) is 5.32 Å². The van der Waals surface area contributed by atoms with E-state index in [-0.39, 0.29) is 23.8 Å². The van der Waals surface area contributed by atoms with Gasteiger partial charge in [0.15, 0.2) is 0 Å². The number of aromatic carboxylic acids is 1. The zero-order valence-corrected chi connectivity index (χ0v) is 14.7. The van der Waals surface area contributed by atoms with Gasteiger partial charge in [-0.1, -0.05) is 24.3 Å². The second-order valence-electron chi connectivity index (χ2n) is 6.17. The molecular formula is C20H20N2O5. The molecule has 1 fully saturated rings. The molecule has 2 N–H and O–H groups in total. The molecule has 0 saturated carbocycles. The van der Waals surface area contributed by atoms with Crippen LogP contribution in [0.2, 0.25) is 0 Å². The van der Waals surface area contributed by atoms with Crippen LogP contribution in [0.25, 0.3) is 0 Å². The van der Waals surface area contributed by atoms with Crippen molar-refractivity contribution in [2.24, 2.45) is 0 Å².